The highest BCUT2D eigenvalue weighted by atomic mass is 35.5. The van der Waals surface area contributed by atoms with E-state index in [1.807, 2.05) is 12.1 Å². The molecule has 0 spiro atoms. The molecule has 6 heteroatoms. The van der Waals surface area contributed by atoms with E-state index in [1.54, 1.807) is 0 Å². The summed E-state index contributed by atoms with van der Waals surface area (Å²) < 4.78 is 11.6. The Morgan fingerprint density at radius 1 is 1.22 bits per heavy atom. The molecule has 1 N–H and O–H groups in total. The summed E-state index contributed by atoms with van der Waals surface area (Å²) in [5.41, 5.74) is 2.15. The van der Waals surface area contributed by atoms with Crippen LogP contribution in [-0.2, 0) is 20.6 Å². The highest BCUT2D eigenvalue weighted by Gasteiger charge is 2.48. The number of aliphatic hydroxyl groups excluding tert-OH is 1. The van der Waals surface area contributed by atoms with E-state index in [2.05, 4.69) is 58.2 Å². The van der Waals surface area contributed by atoms with Crippen LogP contribution < -0.4 is 0 Å². The van der Waals surface area contributed by atoms with Gasteiger partial charge in [-0.15, -0.1) is 11.6 Å². The van der Waals surface area contributed by atoms with E-state index in [1.165, 1.54) is 12.7 Å². The van der Waals surface area contributed by atoms with Crippen molar-refractivity contribution in [2.24, 2.45) is 5.92 Å². The minimum absolute atomic E-state index is 0.0463. The second kappa shape index (κ2) is 11.8. The lowest BCUT2D eigenvalue weighted by molar-refractivity contribution is -0.140. The Hall–Kier alpha value is -1.14. The highest BCUT2D eigenvalue weighted by Crippen LogP contribution is 2.49. The number of benzene rings is 1. The fraction of sp³-hybridized carbons (Fsp3) is 0.654. The zero-order valence-electron chi connectivity index (χ0n) is 20.6. The number of unbranched alkanes of at least 4 members (excludes halogenated alkanes) is 1. The number of carbonyl (C=O) groups is 1. The summed E-state index contributed by atoms with van der Waals surface area (Å²) in [6.45, 7) is 11.5. The average Bonchev–Trinajstić information content (AvgIpc) is 3.03. The molecule has 0 radical (unpaired) electrons. The molecule has 1 aromatic rings. The maximum atomic E-state index is 11.3. The van der Waals surface area contributed by atoms with Crippen molar-refractivity contribution < 1.29 is 19.1 Å². The third-order valence-electron chi connectivity index (χ3n) is 7.14. The van der Waals surface area contributed by atoms with Gasteiger partial charge in [0, 0.05) is 17.7 Å². The number of alkyl halides is 1. The van der Waals surface area contributed by atoms with Crippen LogP contribution in [0.3, 0.4) is 0 Å². The van der Waals surface area contributed by atoms with Crippen molar-refractivity contribution in [1.82, 2.24) is 0 Å². The van der Waals surface area contributed by atoms with Crippen molar-refractivity contribution in [2.75, 3.05) is 7.11 Å². The first-order chi connectivity index (χ1) is 15.0. The van der Waals surface area contributed by atoms with Crippen molar-refractivity contribution in [3.8, 4) is 0 Å². The Bertz CT molecular complexity index is 754. The molecule has 0 amide bonds. The van der Waals surface area contributed by atoms with Gasteiger partial charge >= 0.3 is 5.97 Å². The number of methoxy groups -OCH3 is 1. The second-order valence-corrected chi connectivity index (χ2v) is 15.8. The van der Waals surface area contributed by atoms with Crippen LogP contribution in [0.15, 0.2) is 36.4 Å². The number of ether oxygens (including phenoxy) is 1. The first kappa shape index (κ1) is 27.1. The number of esters is 1. The molecule has 0 aliphatic heterocycles. The van der Waals surface area contributed by atoms with Gasteiger partial charge in [-0.1, -0.05) is 57.2 Å². The van der Waals surface area contributed by atoms with Gasteiger partial charge < -0.3 is 14.3 Å². The third-order valence-corrected chi connectivity index (χ3v) is 12.1. The molecule has 0 heterocycles. The number of aliphatic hydroxyl groups is 1. The Kier molecular flexibility index (Phi) is 10.0. The highest BCUT2D eigenvalue weighted by molar-refractivity contribution is 6.74. The van der Waals surface area contributed by atoms with Gasteiger partial charge in [0.05, 0.1) is 19.8 Å². The van der Waals surface area contributed by atoms with Gasteiger partial charge in [0.25, 0.3) is 0 Å². The summed E-state index contributed by atoms with van der Waals surface area (Å²) in [4.78, 5) is 11.3. The molecule has 0 bridgehead atoms. The van der Waals surface area contributed by atoms with Crippen LogP contribution in [0.4, 0.5) is 0 Å². The molecular weight excluding hydrogens is 440 g/mol. The molecular formula is C26H41ClO4Si. The summed E-state index contributed by atoms with van der Waals surface area (Å²) in [5.74, 6) is 0.342. The van der Waals surface area contributed by atoms with Crippen LogP contribution in [0.2, 0.25) is 18.1 Å². The smallest absolute Gasteiger partial charge is 0.305 e. The lowest BCUT2D eigenvalue weighted by atomic mass is 9.85. The van der Waals surface area contributed by atoms with E-state index in [4.69, 9.17) is 20.8 Å². The van der Waals surface area contributed by atoms with Crippen molar-refractivity contribution in [1.29, 1.82) is 0 Å². The Balaban J connectivity index is 2.18. The van der Waals surface area contributed by atoms with Crippen LogP contribution in [-0.4, -0.2) is 38.0 Å². The van der Waals surface area contributed by atoms with Gasteiger partial charge in [0.2, 0.25) is 0 Å². The molecule has 0 saturated heterocycles. The fourth-order valence-corrected chi connectivity index (χ4v) is 5.95. The predicted molar refractivity (Wildman–Crippen MR) is 135 cm³/mol. The van der Waals surface area contributed by atoms with Gasteiger partial charge in [-0.05, 0) is 60.9 Å². The lowest BCUT2D eigenvalue weighted by Crippen LogP contribution is -2.44. The van der Waals surface area contributed by atoms with Gasteiger partial charge in [-0.25, -0.2) is 0 Å². The van der Waals surface area contributed by atoms with Crippen LogP contribution in [0.25, 0.3) is 0 Å². The zero-order valence-corrected chi connectivity index (χ0v) is 22.3. The molecule has 1 saturated carbocycles. The third kappa shape index (κ3) is 7.18. The largest absolute Gasteiger partial charge is 0.469 e. The molecule has 0 unspecified atom stereocenters. The Morgan fingerprint density at radius 2 is 1.88 bits per heavy atom. The van der Waals surface area contributed by atoms with Gasteiger partial charge in [0.1, 0.15) is 0 Å². The summed E-state index contributed by atoms with van der Waals surface area (Å²) in [6, 6.07) is 8.25. The van der Waals surface area contributed by atoms with Crippen LogP contribution in [0.5, 0.6) is 0 Å². The van der Waals surface area contributed by atoms with Crippen molar-refractivity contribution >= 4 is 25.9 Å². The van der Waals surface area contributed by atoms with Gasteiger partial charge in [-0.2, -0.15) is 0 Å². The monoisotopic (exact) mass is 480 g/mol. The molecule has 4 nitrogen and oxygen atoms in total. The standard InChI is InChI=1S/C26H41ClO4Si/c1-26(2,3)32(5,6)31-23-17-22(27)21(11-9-7-8-10-12-24(29)30-4)25(23)20-15-13-19(18-28)14-16-20/h7,9,13-16,21-23,25,28H,8,10-12,17-18H2,1-6H3/b9-7-/t21-,22+,23+,25+/m0/s1. The number of carbonyl (C=O) groups excluding carboxylic acids is 1. The summed E-state index contributed by atoms with van der Waals surface area (Å²) in [5, 5.41) is 9.63. The molecule has 32 heavy (non-hydrogen) atoms. The van der Waals surface area contributed by atoms with E-state index in [0.29, 0.717) is 6.42 Å². The van der Waals surface area contributed by atoms with Crippen LogP contribution in [0.1, 0.15) is 69.9 Å². The van der Waals surface area contributed by atoms with E-state index in [9.17, 15) is 9.90 Å². The van der Waals surface area contributed by atoms with Crippen molar-refractivity contribution in [3.05, 3.63) is 47.5 Å². The number of hydrogen-bond acceptors (Lipinski definition) is 4. The molecule has 4 atom stereocenters. The number of allylic oxidation sites excluding steroid dienone is 2. The molecule has 1 aromatic carbocycles. The molecule has 0 aromatic heterocycles. The summed E-state index contributed by atoms with van der Waals surface area (Å²) in [6.07, 6.45) is 8.29. The van der Waals surface area contributed by atoms with Crippen LogP contribution in [0, 0.1) is 5.92 Å². The summed E-state index contributed by atoms with van der Waals surface area (Å²) >= 11 is 6.92. The molecule has 180 valence electrons. The summed E-state index contributed by atoms with van der Waals surface area (Å²) in [7, 11) is -0.520. The SMILES string of the molecule is COC(=O)CCC/C=C\C[C@@H]1[C@@H](c2ccc(CO)cc2)[C@H](O[Si](C)(C)C(C)(C)C)C[C@H]1Cl. The van der Waals surface area contributed by atoms with E-state index < -0.39 is 8.32 Å². The quantitative estimate of drug-likeness (QED) is 0.135. The second-order valence-electron chi connectivity index (χ2n) is 10.4. The molecule has 1 aliphatic rings. The number of halogens is 1. The van der Waals surface area contributed by atoms with Crippen molar-refractivity contribution in [3.63, 3.8) is 0 Å². The Morgan fingerprint density at radius 3 is 2.44 bits per heavy atom. The minimum atomic E-state index is -1.95. The maximum Gasteiger partial charge on any atom is 0.305 e. The zero-order chi connectivity index (χ0) is 23.9. The van der Waals surface area contributed by atoms with Crippen LogP contribution >= 0.6 is 11.6 Å². The fourth-order valence-electron chi connectivity index (χ4n) is 4.16. The molecule has 1 fully saturated rings. The lowest BCUT2D eigenvalue weighted by Gasteiger charge is -2.40. The first-order valence-electron chi connectivity index (χ1n) is 11.7. The normalized spacial score (nSPS) is 24.2. The van der Waals surface area contributed by atoms with Gasteiger partial charge in [0.15, 0.2) is 8.32 Å². The van der Waals surface area contributed by atoms with E-state index >= 15 is 0 Å². The van der Waals surface area contributed by atoms with E-state index in [-0.39, 0.29) is 40.9 Å². The maximum absolute atomic E-state index is 11.3. The first-order valence-corrected chi connectivity index (χ1v) is 15.1. The number of hydrogen-bond donors (Lipinski definition) is 1. The van der Waals surface area contributed by atoms with E-state index in [0.717, 1.165) is 31.2 Å². The topological polar surface area (TPSA) is 55.8 Å². The number of rotatable bonds is 10. The van der Waals surface area contributed by atoms with Gasteiger partial charge in [-0.3, -0.25) is 4.79 Å². The Labute approximate surface area is 200 Å². The molecule has 2 rings (SSSR count). The molecule has 1 aliphatic carbocycles. The van der Waals surface area contributed by atoms with Crippen molar-refractivity contribution in [2.45, 2.75) is 95.0 Å². The average molecular weight is 481 g/mol. The predicted octanol–water partition coefficient (Wildman–Crippen LogP) is 6.57. The minimum Gasteiger partial charge on any atom is -0.469 e.